The summed E-state index contributed by atoms with van der Waals surface area (Å²) in [6, 6.07) is 9.43. The minimum Gasteiger partial charge on any atom is -0.450 e. The fourth-order valence-electron chi connectivity index (χ4n) is 2.90. The van der Waals surface area contributed by atoms with Crippen LogP contribution in [-0.2, 0) is 17.6 Å². The molecular formula is C18H16N4O3. The first-order valence-corrected chi connectivity index (χ1v) is 8.15. The molecule has 126 valence electrons. The van der Waals surface area contributed by atoms with Crippen LogP contribution >= 0.6 is 0 Å². The van der Waals surface area contributed by atoms with Crippen molar-refractivity contribution in [3.05, 3.63) is 59.4 Å². The second-order valence-corrected chi connectivity index (χ2v) is 5.87. The standard InChI is InChI=1S/C18H16N4O3/c1-11(16-21-17(25-22-16)12-6-3-2-4-7-12)24-18(23)15-13-8-5-9-14(13)19-10-20-15/h2-4,6-7,10-11H,5,8-9H2,1H3. The maximum Gasteiger partial charge on any atom is 0.358 e. The summed E-state index contributed by atoms with van der Waals surface area (Å²) in [4.78, 5) is 25.1. The van der Waals surface area contributed by atoms with Crippen molar-refractivity contribution in [3.8, 4) is 11.5 Å². The lowest BCUT2D eigenvalue weighted by molar-refractivity contribution is 0.0307. The maximum absolute atomic E-state index is 12.5. The molecule has 0 saturated carbocycles. The van der Waals surface area contributed by atoms with E-state index < -0.39 is 12.1 Å². The Labute approximate surface area is 144 Å². The summed E-state index contributed by atoms with van der Waals surface area (Å²) >= 11 is 0. The highest BCUT2D eigenvalue weighted by Gasteiger charge is 2.25. The van der Waals surface area contributed by atoms with Crippen LogP contribution in [0.3, 0.4) is 0 Å². The fourth-order valence-corrected chi connectivity index (χ4v) is 2.90. The number of benzene rings is 1. The van der Waals surface area contributed by atoms with Crippen LogP contribution in [0.25, 0.3) is 11.5 Å². The minimum absolute atomic E-state index is 0.318. The molecule has 0 spiro atoms. The number of hydrogen-bond acceptors (Lipinski definition) is 7. The summed E-state index contributed by atoms with van der Waals surface area (Å²) in [5, 5.41) is 3.92. The molecule has 1 unspecified atom stereocenters. The highest BCUT2D eigenvalue weighted by molar-refractivity contribution is 5.89. The van der Waals surface area contributed by atoms with Gasteiger partial charge >= 0.3 is 5.97 Å². The molecule has 0 bridgehead atoms. The number of carbonyl (C=O) groups is 1. The zero-order chi connectivity index (χ0) is 17.2. The molecule has 2 aromatic heterocycles. The Morgan fingerprint density at radius 3 is 2.88 bits per heavy atom. The van der Waals surface area contributed by atoms with Crippen molar-refractivity contribution in [2.24, 2.45) is 0 Å². The highest BCUT2D eigenvalue weighted by atomic mass is 16.5. The number of ether oxygens (including phenoxy) is 1. The normalized spacial score (nSPS) is 14.1. The van der Waals surface area contributed by atoms with E-state index in [-0.39, 0.29) is 0 Å². The number of rotatable bonds is 4. The molecule has 0 amide bonds. The van der Waals surface area contributed by atoms with Crippen molar-refractivity contribution in [1.29, 1.82) is 0 Å². The van der Waals surface area contributed by atoms with Crippen LogP contribution in [0.5, 0.6) is 0 Å². The number of carbonyl (C=O) groups excluding carboxylic acids is 1. The molecule has 7 heteroatoms. The van der Waals surface area contributed by atoms with Gasteiger partial charge in [-0.25, -0.2) is 14.8 Å². The summed E-state index contributed by atoms with van der Waals surface area (Å²) in [7, 11) is 0. The van der Waals surface area contributed by atoms with E-state index in [9.17, 15) is 4.79 Å². The third kappa shape index (κ3) is 3.00. The van der Waals surface area contributed by atoms with Crippen molar-refractivity contribution in [3.63, 3.8) is 0 Å². The number of nitrogens with zero attached hydrogens (tertiary/aromatic N) is 4. The summed E-state index contributed by atoms with van der Waals surface area (Å²) in [6.45, 7) is 1.71. The lowest BCUT2D eigenvalue weighted by Gasteiger charge is -2.10. The van der Waals surface area contributed by atoms with E-state index in [1.807, 2.05) is 30.3 Å². The van der Waals surface area contributed by atoms with Gasteiger partial charge in [-0.3, -0.25) is 0 Å². The average Bonchev–Trinajstić information content (AvgIpc) is 3.31. The smallest absolute Gasteiger partial charge is 0.358 e. The van der Waals surface area contributed by atoms with Gasteiger partial charge in [0.05, 0.1) is 0 Å². The lowest BCUT2D eigenvalue weighted by atomic mass is 10.2. The van der Waals surface area contributed by atoms with Gasteiger partial charge in [-0.1, -0.05) is 23.4 Å². The van der Waals surface area contributed by atoms with Crippen LogP contribution in [0, 0.1) is 0 Å². The van der Waals surface area contributed by atoms with Gasteiger partial charge in [0.15, 0.2) is 11.8 Å². The number of hydrogen-bond donors (Lipinski definition) is 0. The van der Waals surface area contributed by atoms with Crippen LogP contribution in [-0.4, -0.2) is 26.1 Å². The molecule has 2 heterocycles. The molecular weight excluding hydrogens is 320 g/mol. The van der Waals surface area contributed by atoms with Crippen molar-refractivity contribution >= 4 is 5.97 Å². The third-order valence-corrected chi connectivity index (χ3v) is 4.18. The number of aryl methyl sites for hydroxylation is 1. The number of aromatic nitrogens is 4. The molecule has 1 aromatic carbocycles. The molecule has 4 rings (SSSR count). The monoisotopic (exact) mass is 336 g/mol. The summed E-state index contributed by atoms with van der Waals surface area (Å²) in [5.74, 6) is 0.221. The van der Waals surface area contributed by atoms with Crippen LogP contribution in [0.15, 0.2) is 41.2 Å². The second kappa shape index (κ2) is 6.43. The molecule has 1 aliphatic carbocycles. The van der Waals surface area contributed by atoms with E-state index >= 15 is 0 Å². The summed E-state index contributed by atoms with van der Waals surface area (Å²) in [5.41, 5.74) is 2.97. The molecule has 0 N–H and O–H groups in total. The summed E-state index contributed by atoms with van der Waals surface area (Å²) in [6.07, 6.45) is 3.43. The molecule has 1 aliphatic rings. The first kappa shape index (κ1) is 15.4. The maximum atomic E-state index is 12.5. The predicted octanol–water partition coefficient (Wildman–Crippen LogP) is 2.93. The minimum atomic E-state index is -0.638. The quantitative estimate of drug-likeness (QED) is 0.676. The van der Waals surface area contributed by atoms with E-state index in [1.54, 1.807) is 6.92 Å². The molecule has 25 heavy (non-hydrogen) atoms. The van der Waals surface area contributed by atoms with E-state index in [0.29, 0.717) is 17.4 Å². The number of fused-ring (bicyclic) bond motifs is 1. The van der Waals surface area contributed by atoms with Crippen LogP contribution in [0.1, 0.15) is 47.0 Å². The van der Waals surface area contributed by atoms with Gasteiger partial charge in [0.1, 0.15) is 6.33 Å². The van der Waals surface area contributed by atoms with Crippen molar-refractivity contribution in [2.75, 3.05) is 0 Å². The molecule has 0 fully saturated rings. The molecule has 7 nitrogen and oxygen atoms in total. The Morgan fingerprint density at radius 2 is 2.04 bits per heavy atom. The Kier molecular flexibility index (Phi) is 3.97. The van der Waals surface area contributed by atoms with E-state index in [2.05, 4.69) is 20.1 Å². The van der Waals surface area contributed by atoms with Gasteiger partial charge in [0, 0.05) is 16.8 Å². The van der Waals surface area contributed by atoms with E-state index in [4.69, 9.17) is 9.26 Å². The first-order valence-electron chi connectivity index (χ1n) is 8.15. The van der Waals surface area contributed by atoms with Gasteiger partial charge in [0.25, 0.3) is 5.89 Å². The first-order chi connectivity index (χ1) is 12.2. The zero-order valence-electron chi connectivity index (χ0n) is 13.7. The second-order valence-electron chi connectivity index (χ2n) is 5.87. The van der Waals surface area contributed by atoms with E-state index in [0.717, 1.165) is 36.1 Å². The van der Waals surface area contributed by atoms with Crippen molar-refractivity contribution in [2.45, 2.75) is 32.3 Å². The predicted molar refractivity (Wildman–Crippen MR) is 87.6 cm³/mol. The van der Waals surface area contributed by atoms with Gasteiger partial charge in [-0.05, 0) is 38.3 Å². The average molecular weight is 336 g/mol. The lowest BCUT2D eigenvalue weighted by Crippen LogP contribution is -2.14. The fraction of sp³-hybridized carbons (Fsp3) is 0.278. The highest BCUT2D eigenvalue weighted by Crippen LogP contribution is 2.25. The molecule has 3 aromatic rings. The molecule has 0 aliphatic heterocycles. The van der Waals surface area contributed by atoms with Gasteiger partial charge in [-0.15, -0.1) is 0 Å². The Hall–Kier alpha value is -3.09. The van der Waals surface area contributed by atoms with E-state index in [1.165, 1.54) is 6.33 Å². The van der Waals surface area contributed by atoms with Gasteiger partial charge in [0.2, 0.25) is 5.82 Å². The topological polar surface area (TPSA) is 91.0 Å². The number of esters is 1. The molecule has 0 saturated heterocycles. The van der Waals surface area contributed by atoms with Gasteiger partial charge in [-0.2, -0.15) is 4.98 Å². The Bertz CT molecular complexity index is 908. The van der Waals surface area contributed by atoms with Crippen LogP contribution < -0.4 is 0 Å². The SMILES string of the molecule is CC(OC(=O)c1ncnc2c1CCC2)c1noc(-c2ccccc2)n1. The Morgan fingerprint density at radius 1 is 1.20 bits per heavy atom. The van der Waals surface area contributed by atoms with Crippen molar-refractivity contribution in [1.82, 2.24) is 20.1 Å². The van der Waals surface area contributed by atoms with Gasteiger partial charge < -0.3 is 9.26 Å². The van der Waals surface area contributed by atoms with Crippen LogP contribution in [0.2, 0.25) is 0 Å². The summed E-state index contributed by atoms with van der Waals surface area (Å²) < 4.78 is 10.7. The third-order valence-electron chi connectivity index (χ3n) is 4.18. The van der Waals surface area contributed by atoms with Crippen molar-refractivity contribution < 1.29 is 14.1 Å². The Balaban J connectivity index is 1.51. The van der Waals surface area contributed by atoms with Crippen LogP contribution in [0.4, 0.5) is 0 Å². The molecule has 1 atom stereocenters. The largest absolute Gasteiger partial charge is 0.450 e. The zero-order valence-corrected chi connectivity index (χ0v) is 13.7. The molecule has 0 radical (unpaired) electrons.